The van der Waals surface area contributed by atoms with Crippen LogP contribution in [0.2, 0.25) is 0 Å². The first kappa shape index (κ1) is 10.9. The number of aromatic nitrogens is 1. The van der Waals surface area contributed by atoms with Crippen molar-refractivity contribution in [2.75, 3.05) is 0 Å². The molecule has 1 aromatic carbocycles. The van der Waals surface area contributed by atoms with E-state index in [1.165, 1.54) is 0 Å². The van der Waals surface area contributed by atoms with Crippen LogP contribution in [0.4, 0.5) is 0 Å². The third-order valence-electron chi connectivity index (χ3n) is 2.09. The zero-order valence-corrected chi connectivity index (χ0v) is 10.5. The summed E-state index contributed by atoms with van der Waals surface area (Å²) in [6.07, 6.45) is 3.89. The molecule has 0 saturated heterocycles. The third kappa shape index (κ3) is 2.31. The van der Waals surface area contributed by atoms with Crippen LogP contribution in [0.15, 0.2) is 60.9 Å². The zero-order chi connectivity index (χ0) is 10.7. The maximum atomic E-state index is 5.57. The topological polar surface area (TPSA) is 3.88 Å². The quantitative estimate of drug-likeness (QED) is 0.593. The van der Waals surface area contributed by atoms with E-state index in [-0.39, 0.29) is 0 Å². The molecule has 0 fully saturated rings. The minimum atomic E-state index is -2.06. The molecule has 76 valence electrons. The van der Waals surface area contributed by atoms with Crippen LogP contribution in [0.3, 0.4) is 0 Å². The molecule has 0 amide bonds. The molecule has 4 heteroatoms. The lowest BCUT2D eigenvalue weighted by molar-refractivity contribution is -0.506. The van der Waals surface area contributed by atoms with Crippen LogP contribution in [0.1, 0.15) is 0 Å². The highest BCUT2D eigenvalue weighted by molar-refractivity contribution is 8.55. The number of pyridine rings is 1. The summed E-state index contributed by atoms with van der Waals surface area (Å²) < 4.78 is 1.97. The normalized spacial score (nSPS) is 14.5. The van der Waals surface area contributed by atoms with Crippen molar-refractivity contribution in [2.24, 2.45) is 0 Å². The van der Waals surface area contributed by atoms with Crippen molar-refractivity contribution in [1.29, 1.82) is 0 Å². The van der Waals surface area contributed by atoms with E-state index in [1.54, 1.807) is 0 Å². The molecule has 0 N–H and O–H groups in total. The predicted octanol–water partition coefficient (Wildman–Crippen LogP) is 2.00. The Labute approximate surface area is 100.0 Å². The van der Waals surface area contributed by atoms with Crippen LogP contribution in [-0.2, 0) is 24.1 Å². The first-order valence-corrected chi connectivity index (χ1v) is 8.32. The average molecular weight is 251 g/mol. The molecule has 2 rings (SSSR count). The summed E-state index contributed by atoms with van der Waals surface area (Å²) in [5.74, 6) is 0. The van der Waals surface area contributed by atoms with Crippen molar-refractivity contribution in [3.63, 3.8) is 0 Å². The van der Waals surface area contributed by atoms with E-state index in [2.05, 4.69) is 0 Å². The van der Waals surface area contributed by atoms with Gasteiger partial charge in [-0.3, -0.25) is 0 Å². The van der Waals surface area contributed by atoms with Crippen LogP contribution >= 0.6 is 5.39 Å². The van der Waals surface area contributed by atoms with Crippen LogP contribution in [0.5, 0.6) is 0 Å². The van der Waals surface area contributed by atoms with Crippen LogP contribution in [-0.4, -0.2) is 0 Å². The average Bonchev–Trinajstić information content (AvgIpc) is 2.31. The molecular weight excluding hydrogens is 241 g/mol. The minimum absolute atomic E-state index is 1.06. The number of hydrogen-bond acceptors (Lipinski definition) is 2. The highest BCUT2D eigenvalue weighted by Crippen LogP contribution is 2.35. The minimum Gasteiger partial charge on any atom is -0.672 e. The molecule has 0 aliphatic carbocycles. The second-order valence-corrected chi connectivity index (χ2v) is 8.99. The van der Waals surface area contributed by atoms with E-state index in [0.29, 0.717) is 0 Å². The first-order valence-electron chi connectivity index (χ1n) is 4.55. The molecular formula is C11H10NPS2. The zero-order valence-electron chi connectivity index (χ0n) is 7.98. The van der Waals surface area contributed by atoms with Gasteiger partial charge in [-0.05, 0) is 23.9 Å². The Hall–Kier alpha value is -0.630. The van der Waals surface area contributed by atoms with Crippen LogP contribution in [0.25, 0.3) is 0 Å². The van der Waals surface area contributed by atoms with Crippen molar-refractivity contribution in [3.05, 3.63) is 60.9 Å². The first-order chi connectivity index (χ1) is 7.21. The Morgan fingerprint density at radius 3 is 2.07 bits per heavy atom. The van der Waals surface area contributed by atoms with Crippen molar-refractivity contribution in [3.8, 4) is 0 Å². The Morgan fingerprint density at radius 2 is 1.47 bits per heavy atom. The molecule has 0 bridgehead atoms. The van der Waals surface area contributed by atoms with Crippen molar-refractivity contribution in [1.82, 2.24) is 0 Å². The summed E-state index contributed by atoms with van der Waals surface area (Å²) in [5, 5.41) is -1.00. The third-order valence-corrected chi connectivity index (χ3v) is 6.31. The fourth-order valence-electron chi connectivity index (χ4n) is 1.31. The highest BCUT2D eigenvalue weighted by atomic mass is 32.9. The molecule has 1 heterocycles. The number of nitrogens with zero attached hydrogens (tertiary/aromatic N) is 1. The van der Waals surface area contributed by atoms with E-state index in [1.807, 2.05) is 65.3 Å². The SMILES string of the molecule is S=P([S-])(c1ccccc1)[n+]1ccccc1. The highest BCUT2D eigenvalue weighted by Gasteiger charge is 2.13. The molecule has 0 aliphatic rings. The lowest BCUT2D eigenvalue weighted by Gasteiger charge is -2.21. The number of rotatable bonds is 2. The smallest absolute Gasteiger partial charge is 0.169 e. The van der Waals surface area contributed by atoms with Crippen molar-refractivity contribution < 1.29 is 4.34 Å². The maximum Gasteiger partial charge on any atom is 0.169 e. The van der Waals surface area contributed by atoms with Gasteiger partial charge in [0.2, 0.25) is 0 Å². The predicted molar refractivity (Wildman–Crippen MR) is 69.8 cm³/mol. The van der Waals surface area contributed by atoms with Crippen LogP contribution in [0, 0.1) is 0 Å². The van der Waals surface area contributed by atoms with Gasteiger partial charge in [0.1, 0.15) is 0 Å². The van der Waals surface area contributed by atoms with Gasteiger partial charge in [0.25, 0.3) is 0 Å². The molecule has 2 aromatic rings. The molecule has 0 saturated carbocycles. The van der Waals surface area contributed by atoms with E-state index in [4.69, 9.17) is 24.1 Å². The van der Waals surface area contributed by atoms with Gasteiger partial charge in [-0.2, -0.15) is 0 Å². The maximum absolute atomic E-state index is 5.57. The van der Waals surface area contributed by atoms with Gasteiger partial charge >= 0.3 is 0 Å². The van der Waals surface area contributed by atoms with Crippen LogP contribution < -0.4 is 9.64 Å². The molecule has 1 nitrogen and oxygen atoms in total. The Balaban J connectivity index is 2.50. The van der Waals surface area contributed by atoms with Gasteiger partial charge < -0.3 is 12.2 Å². The lowest BCUT2D eigenvalue weighted by atomic mass is 10.4. The summed E-state index contributed by atoms with van der Waals surface area (Å²) in [6.45, 7) is 0. The van der Waals surface area contributed by atoms with Gasteiger partial charge in [0.05, 0.1) is 5.39 Å². The Bertz CT molecular complexity index is 441. The fourth-order valence-corrected chi connectivity index (χ4v) is 4.02. The lowest BCUT2D eigenvalue weighted by Crippen LogP contribution is -2.33. The van der Waals surface area contributed by atoms with E-state index in [9.17, 15) is 0 Å². The standard InChI is InChI=1S/C11H10NPS2/c14-13(15,11-7-3-1-4-8-11)12-9-5-2-6-10-12/h1-10H. The molecule has 1 unspecified atom stereocenters. The molecule has 15 heavy (non-hydrogen) atoms. The van der Waals surface area contributed by atoms with Crippen molar-refractivity contribution in [2.45, 2.75) is 0 Å². The van der Waals surface area contributed by atoms with Gasteiger partial charge in [0.15, 0.2) is 12.4 Å². The van der Waals surface area contributed by atoms with Gasteiger partial charge in [-0.25, -0.2) is 4.34 Å². The summed E-state index contributed by atoms with van der Waals surface area (Å²) in [4.78, 5) is 0. The van der Waals surface area contributed by atoms with E-state index < -0.39 is 5.39 Å². The van der Waals surface area contributed by atoms with Gasteiger partial charge in [-0.1, -0.05) is 24.3 Å². The second-order valence-electron chi connectivity index (χ2n) is 3.11. The molecule has 1 aromatic heterocycles. The van der Waals surface area contributed by atoms with Gasteiger partial charge in [-0.15, -0.1) is 0 Å². The summed E-state index contributed by atoms with van der Waals surface area (Å²) in [5.41, 5.74) is 0. The van der Waals surface area contributed by atoms with Crippen molar-refractivity contribution >= 4 is 34.8 Å². The fraction of sp³-hybridized carbons (Fsp3) is 0. The molecule has 1 atom stereocenters. The Kier molecular flexibility index (Phi) is 3.25. The molecule has 0 spiro atoms. The molecule has 0 radical (unpaired) electrons. The Morgan fingerprint density at radius 1 is 0.933 bits per heavy atom. The second kappa shape index (κ2) is 4.48. The summed E-state index contributed by atoms with van der Waals surface area (Å²) >= 11 is 11.1. The largest absolute Gasteiger partial charge is 0.672 e. The van der Waals surface area contributed by atoms with E-state index in [0.717, 1.165) is 5.30 Å². The summed E-state index contributed by atoms with van der Waals surface area (Å²) in [7, 11) is 0. The van der Waals surface area contributed by atoms with Gasteiger partial charge in [0, 0.05) is 17.4 Å². The summed E-state index contributed by atoms with van der Waals surface area (Å²) in [6, 6.07) is 15.8. The molecule has 0 aliphatic heterocycles. The van der Waals surface area contributed by atoms with E-state index >= 15 is 0 Å². The number of hydrogen-bond donors (Lipinski definition) is 0. The monoisotopic (exact) mass is 251 g/mol. The number of benzene rings is 1.